The Bertz CT molecular complexity index is 8160. The van der Waals surface area contributed by atoms with Crippen LogP contribution in [0.15, 0.2) is 413 Å². The Morgan fingerprint density at radius 1 is 0.190 bits per heavy atom. The molecule has 4 bridgehead atoms. The van der Waals surface area contributed by atoms with Gasteiger partial charge in [-0.1, -0.05) is 359 Å². The summed E-state index contributed by atoms with van der Waals surface area (Å²) < 4.78 is 0. The molecule has 6 aliphatic carbocycles. The molecule has 0 N–H and O–H groups in total. The highest BCUT2D eigenvalue weighted by molar-refractivity contribution is 6.35. The lowest BCUT2D eigenvalue weighted by atomic mass is 9.61. The van der Waals surface area contributed by atoms with E-state index in [1.807, 2.05) is 0 Å². The first-order chi connectivity index (χ1) is 69.5. The zero-order valence-corrected chi connectivity index (χ0v) is 82.4. The Morgan fingerprint density at radius 3 is 0.782 bits per heavy atom. The van der Waals surface area contributed by atoms with Crippen LogP contribution in [0.25, 0.3) is 131 Å². The van der Waals surface area contributed by atoms with Crippen molar-refractivity contribution in [3.8, 4) is 44.5 Å². The summed E-state index contributed by atoms with van der Waals surface area (Å²) in [6.07, 6.45) is 12.3. The van der Waals surface area contributed by atoms with Crippen LogP contribution in [0.5, 0.6) is 0 Å². The molecule has 0 spiro atoms. The summed E-state index contributed by atoms with van der Waals surface area (Å²) in [6.45, 7) is 19.7. The van der Waals surface area contributed by atoms with Crippen molar-refractivity contribution in [2.45, 2.75) is 165 Å². The number of nitrogens with zero attached hydrogens (tertiary/aromatic N) is 4. The molecule has 4 atom stereocenters. The summed E-state index contributed by atoms with van der Waals surface area (Å²) in [5, 5.41) is 20.4. The van der Waals surface area contributed by atoms with Crippen LogP contribution in [0.1, 0.15) is 188 Å². The van der Waals surface area contributed by atoms with E-state index in [9.17, 15) is 0 Å². The van der Waals surface area contributed by atoms with Gasteiger partial charge >= 0.3 is 0 Å². The van der Waals surface area contributed by atoms with Crippen LogP contribution in [0.4, 0.5) is 68.2 Å². The highest BCUT2D eigenvalue weighted by Gasteiger charge is 2.45. The minimum atomic E-state index is -0.0106. The molecule has 0 radical (unpaired) electrons. The van der Waals surface area contributed by atoms with Crippen LogP contribution in [-0.4, -0.2) is 0 Å². The lowest BCUT2D eigenvalue weighted by Crippen LogP contribution is -2.34. The van der Waals surface area contributed by atoms with E-state index in [0.29, 0.717) is 23.7 Å². The highest BCUT2D eigenvalue weighted by Crippen LogP contribution is 2.64. The van der Waals surface area contributed by atoms with Crippen LogP contribution >= 0.6 is 0 Å². The zero-order valence-electron chi connectivity index (χ0n) is 82.4. The standard InChI is InChI=1S/C70H52N2.C68H64N2/c1-3-19-49(20-4-1)71(63-29-11-17-43-15-7-9-23-51(43)63)65-41-61(55-27-13-25-53-45-31-33-47(39-45)67(53)55)57-36-38-60-66(72(50-21-5-2-6-22-50)64-30-12-18-44-16-8-10-24-52(44)64)42-62(58-35-37-59(65)69(57)70(58)60)56-28-14-26-54-46-32-34-48(40-46)68(54)56;1-65(2)39-41-67(5,6)63-51(31-21-33-57(63)65)55-43-59(69(45-23-13-9-14-24-45)46-25-15-10-16-26-46)53-38-36-50-56(52-32-22-34-58-64(52)68(7,8)42-40-66(58,3)4)44-60(54-37-35-49(55)61(53)62(50)54)70(47-27-17-11-18-28-47)48-29-19-12-20-30-48/h1-30,35-38,41-42,45-48H,31-34,39-40H2;9-38,43-44H,39-42H2,1-8H3. The fraction of sp³-hybridized carbons (Fsp3) is 0.188. The molecule has 4 unspecified atom stereocenters. The molecular formula is C138H116N4. The molecular weight excluding hydrogens is 1710 g/mol. The third-order valence-corrected chi connectivity index (χ3v) is 34.5. The molecule has 142 heavy (non-hydrogen) atoms. The highest BCUT2D eigenvalue weighted by atomic mass is 15.2. The lowest BCUT2D eigenvalue weighted by Gasteiger charge is -2.43. The average Bonchev–Trinajstić information content (AvgIpc) is 0.968. The van der Waals surface area contributed by atoms with Crippen LogP contribution in [0.3, 0.4) is 0 Å². The molecule has 2 fully saturated rings. The molecule has 22 aromatic rings. The maximum atomic E-state index is 2.58. The molecule has 2 saturated carbocycles. The minimum absolute atomic E-state index is 0.0106. The molecule has 688 valence electrons. The number of anilines is 12. The van der Waals surface area contributed by atoms with Crippen molar-refractivity contribution in [3.63, 3.8) is 0 Å². The summed E-state index contributed by atoms with van der Waals surface area (Å²) in [5.41, 5.74) is 37.0. The fourth-order valence-corrected chi connectivity index (χ4v) is 27.7. The fourth-order valence-electron chi connectivity index (χ4n) is 27.7. The number of fused-ring (bicyclic) bond motifs is 14. The SMILES string of the molecule is CC1(C)CCC(C)(C)c2c(-c3cc(N(c4ccccc4)c4ccccc4)c4ccc5c(-c6cccc7c6C(C)(C)CCC7(C)C)cc(N(c6ccccc6)c6ccccc6)c6ccc3c4c56)cccc21.c1ccc(N(c2cccc3ccccc23)c2cc(-c3cccc4c3C3CCC4C3)c3ccc4c(N(c5ccccc5)c5cccc6ccccc56)cc(-c5cccc6c5C5CCC6C5)c5ccc2c3c54)cc1. The van der Waals surface area contributed by atoms with Gasteiger partial charge < -0.3 is 19.6 Å². The van der Waals surface area contributed by atoms with Crippen LogP contribution < -0.4 is 19.6 Å². The molecule has 0 aromatic heterocycles. The first-order valence-electron chi connectivity index (χ1n) is 52.1. The van der Waals surface area contributed by atoms with Crippen molar-refractivity contribution in [2.24, 2.45) is 0 Å². The van der Waals surface area contributed by atoms with Gasteiger partial charge in [0.05, 0.1) is 34.1 Å². The Morgan fingerprint density at radius 2 is 0.444 bits per heavy atom. The van der Waals surface area contributed by atoms with Crippen molar-refractivity contribution in [2.75, 3.05) is 19.6 Å². The molecule has 4 nitrogen and oxygen atoms in total. The number of benzene rings is 22. The minimum Gasteiger partial charge on any atom is -0.310 e. The van der Waals surface area contributed by atoms with E-state index in [4.69, 9.17) is 0 Å². The van der Waals surface area contributed by atoms with E-state index in [0.717, 1.165) is 59.8 Å². The van der Waals surface area contributed by atoms with E-state index < -0.39 is 0 Å². The molecule has 0 heterocycles. The van der Waals surface area contributed by atoms with E-state index >= 15 is 0 Å². The van der Waals surface area contributed by atoms with Crippen molar-refractivity contribution < 1.29 is 0 Å². The molecule has 22 aromatic carbocycles. The van der Waals surface area contributed by atoms with Gasteiger partial charge in [0.2, 0.25) is 0 Å². The smallest absolute Gasteiger partial charge is 0.0547 e. The zero-order chi connectivity index (χ0) is 95.2. The number of hydrogen-bond acceptors (Lipinski definition) is 4. The quantitative estimate of drug-likeness (QED) is 0.0894. The first kappa shape index (κ1) is 85.8. The van der Waals surface area contributed by atoms with E-state index in [2.05, 4.69) is 488 Å². The monoisotopic (exact) mass is 1830 g/mol. The van der Waals surface area contributed by atoms with E-state index in [1.165, 1.54) is 226 Å². The second-order valence-corrected chi connectivity index (χ2v) is 44.3. The molecule has 4 heteroatoms. The second-order valence-electron chi connectivity index (χ2n) is 44.3. The lowest BCUT2D eigenvalue weighted by molar-refractivity contribution is 0.333. The summed E-state index contributed by atoms with van der Waals surface area (Å²) in [6, 6.07) is 157. The number of para-hydroxylation sites is 6. The van der Waals surface area contributed by atoms with Crippen molar-refractivity contribution in [1.29, 1.82) is 0 Å². The van der Waals surface area contributed by atoms with Crippen molar-refractivity contribution >= 4 is 154 Å². The van der Waals surface area contributed by atoms with E-state index in [-0.39, 0.29) is 21.7 Å². The molecule has 0 saturated heterocycles. The van der Waals surface area contributed by atoms with Crippen molar-refractivity contribution in [3.05, 3.63) is 457 Å². The molecule has 0 amide bonds. The van der Waals surface area contributed by atoms with Gasteiger partial charge in [0.25, 0.3) is 0 Å². The first-order valence-corrected chi connectivity index (χ1v) is 52.1. The van der Waals surface area contributed by atoms with Crippen molar-refractivity contribution in [1.82, 2.24) is 0 Å². The number of rotatable bonds is 16. The maximum absolute atomic E-state index is 2.58. The Balaban J connectivity index is 0.000000142. The summed E-state index contributed by atoms with van der Waals surface area (Å²) in [7, 11) is 0. The van der Waals surface area contributed by atoms with Gasteiger partial charge in [0, 0.05) is 88.0 Å². The molecule has 6 aliphatic rings. The van der Waals surface area contributed by atoms with E-state index in [1.54, 1.807) is 22.3 Å². The van der Waals surface area contributed by atoms with Crippen LogP contribution in [-0.2, 0) is 21.7 Å². The van der Waals surface area contributed by atoms with Gasteiger partial charge in [-0.25, -0.2) is 0 Å². The molecule has 0 aliphatic heterocycles. The summed E-state index contributed by atoms with van der Waals surface area (Å²) >= 11 is 0. The third kappa shape index (κ3) is 13.6. The van der Waals surface area contributed by atoms with Gasteiger partial charge in [0.15, 0.2) is 0 Å². The van der Waals surface area contributed by atoms with Gasteiger partial charge in [-0.3, -0.25) is 0 Å². The maximum Gasteiger partial charge on any atom is 0.0547 e. The third-order valence-electron chi connectivity index (χ3n) is 34.5. The Kier molecular flexibility index (Phi) is 20.0. The van der Waals surface area contributed by atoms with Gasteiger partial charge in [-0.15, -0.1) is 0 Å². The largest absolute Gasteiger partial charge is 0.310 e. The predicted octanol–water partition coefficient (Wildman–Crippen LogP) is 39.4. The molecule has 28 rings (SSSR count). The summed E-state index contributed by atoms with van der Waals surface area (Å²) in [5.74, 6) is 2.51. The van der Waals surface area contributed by atoms with Crippen LogP contribution in [0, 0.1) is 0 Å². The normalized spacial score (nSPS) is 17.5. The number of hydrogen-bond donors (Lipinski definition) is 0. The second kappa shape index (κ2) is 33.2. The van der Waals surface area contributed by atoms with Crippen LogP contribution in [0.2, 0.25) is 0 Å². The van der Waals surface area contributed by atoms with Gasteiger partial charge in [-0.05, 0) is 340 Å². The average molecular weight is 1830 g/mol. The summed E-state index contributed by atoms with van der Waals surface area (Å²) in [4.78, 5) is 10.1. The topological polar surface area (TPSA) is 13.0 Å². The predicted molar refractivity (Wildman–Crippen MR) is 605 cm³/mol. The van der Waals surface area contributed by atoms with Gasteiger partial charge in [-0.2, -0.15) is 0 Å². The Hall–Kier alpha value is -15.4. The van der Waals surface area contributed by atoms with Gasteiger partial charge in [0.1, 0.15) is 0 Å². The Labute approximate surface area is 834 Å².